The highest BCUT2D eigenvalue weighted by Crippen LogP contribution is 2.11. The summed E-state index contributed by atoms with van der Waals surface area (Å²) in [6.07, 6.45) is 2.61. The first-order valence-electron chi connectivity index (χ1n) is 6.56. The molecule has 0 radical (unpaired) electrons. The topological polar surface area (TPSA) is 82.0 Å². The van der Waals surface area contributed by atoms with Gasteiger partial charge in [-0.1, -0.05) is 13.0 Å². The lowest BCUT2D eigenvalue weighted by molar-refractivity contribution is 0.600. The second kappa shape index (κ2) is 7.84. The van der Waals surface area contributed by atoms with Crippen LogP contribution < -0.4 is 22.3 Å². The van der Waals surface area contributed by atoms with Crippen LogP contribution in [0.15, 0.2) is 22.2 Å². The third kappa shape index (κ3) is 3.69. The van der Waals surface area contributed by atoms with Gasteiger partial charge in [-0.3, -0.25) is 13.9 Å². The van der Waals surface area contributed by atoms with E-state index in [1.165, 1.54) is 11.6 Å². The van der Waals surface area contributed by atoms with Crippen LogP contribution >= 0.6 is 11.8 Å². The van der Waals surface area contributed by atoms with Gasteiger partial charge in [-0.2, -0.15) is 11.8 Å². The van der Waals surface area contributed by atoms with Crippen LogP contribution in [-0.4, -0.2) is 27.2 Å². The molecule has 0 fully saturated rings. The van der Waals surface area contributed by atoms with Crippen molar-refractivity contribution in [1.82, 2.24) is 9.13 Å². The largest absolute Gasteiger partial charge is 0.383 e. The molecular weight excluding hydrogens is 276 g/mol. The van der Waals surface area contributed by atoms with Gasteiger partial charge in [0.2, 0.25) is 0 Å². The van der Waals surface area contributed by atoms with Crippen LogP contribution in [0.2, 0.25) is 0 Å². The molecule has 0 atom stereocenters. The smallest absolute Gasteiger partial charge is 0.332 e. The lowest BCUT2D eigenvalue weighted by atomic mass is 10.4. The van der Waals surface area contributed by atoms with E-state index < -0.39 is 0 Å². The first-order valence-corrected chi connectivity index (χ1v) is 7.71. The van der Waals surface area contributed by atoms with Gasteiger partial charge in [-0.05, 0) is 6.42 Å². The Labute approximate surface area is 122 Å². The predicted molar refractivity (Wildman–Crippen MR) is 86.7 cm³/mol. The Morgan fingerprint density at radius 1 is 1.45 bits per heavy atom. The maximum Gasteiger partial charge on any atom is 0.332 e. The van der Waals surface area contributed by atoms with Crippen LogP contribution in [0.4, 0.5) is 11.5 Å². The van der Waals surface area contributed by atoms with Gasteiger partial charge in [-0.15, -0.1) is 6.58 Å². The lowest BCUT2D eigenvalue weighted by Crippen LogP contribution is -2.41. The van der Waals surface area contributed by atoms with Crippen LogP contribution in [0.3, 0.4) is 0 Å². The van der Waals surface area contributed by atoms with E-state index in [0.29, 0.717) is 18.8 Å². The minimum absolute atomic E-state index is 0.216. The molecule has 3 N–H and O–H groups in total. The van der Waals surface area contributed by atoms with Gasteiger partial charge < -0.3 is 11.1 Å². The zero-order valence-electron chi connectivity index (χ0n) is 12.0. The van der Waals surface area contributed by atoms with E-state index in [2.05, 4.69) is 11.9 Å². The predicted octanol–water partition coefficient (Wildman–Crippen LogP) is 0.870. The molecule has 0 aromatic carbocycles. The van der Waals surface area contributed by atoms with E-state index in [4.69, 9.17) is 5.73 Å². The second-order valence-corrected chi connectivity index (χ2v) is 5.50. The highest BCUT2D eigenvalue weighted by molar-refractivity contribution is 7.99. The van der Waals surface area contributed by atoms with E-state index in [-0.39, 0.29) is 17.1 Å². The van der Waals surface area contributed by atoms with Crippen LogP contribution in [-0.2, 0) is 13.6 Å². The molecular formula is C13H22N4O2S. The van der Waals surface area contributed by atoms with Crippen LogP contribution in [0.1, 0.15) is 13.3 Å². The molecule has 0 aliphatic heterocycles. The number of nitrogens with two attached hydrogens (primary N) is 1. The van der Waals surface area contributed by atoms with Crippen molar-refractivity contribution in [1.29, 1.82) is 0 Å². The van der Waals surface area contributed by atoms with Gasteiger partial charge in [0.25, 0.3) is 5.56 Å². The molecule has 0 amide bonds. The Bertz CT molecular complexity index is 577. The number of hydrogen-bond acceptors (Lipinski definition) is 5. The van der Waals surface area contributed by atoms with Crippen molar-refractivity contribution in [2.75, 3.05) is 29.1 Å². The SMILES string of the molecule is C=CCSCCNc1c(N)n(CCC)c(=O)n(C)c1=O. The highest BCUT2D eigenvalue weighted by atomic mass is 32.2. The molecule has 1 heterocycles. The fraction of sp³-hybridized carbons (Fsp3) is 0.538. The summed E-state index contributed by atoms with van der Waals surface area (Å²) >= 11 is 1.71. The number of nitrogens with zero attached hydrogens (tertiary/aromatic N) is 2. The Kier molecular flexibility index (Phi) is 6.44. The third-order valence-corrected chi connectivity index (χ3v) is 3.78. The number of rotatable bonds is 8. The summed E-state index contributed by atoms with van der Waals surface area (Å²) in [5.74, 6) is 1.92. The molecule has 20 heavy (non-hydrogen) atoms. The van der Waals surface area contributed by atoms with E-state index in [1.807, 2.05) is 13.0 Å². The maximum absolute atomic E-state index is 12.1. The Morgan fingerprint density at radius 3 is 2.75 bits per heavy atom. The molecule has 1 aromatic heterocycles. The zero-order chi connectivity index (χ0) is 15.1. The van der Waals surface area contributed by atoms with Crippen molar-refractivity contribution in [3.8, 4) is 0 Å². The third-order valence-electron chi connectivity index (χ3n) is 2.81. The van der Waals surface area contributed by atoms with Gasteiger partial charge in [0, 0.05) is 31.6 Å². The molecule has 6 nitrogen and oxygen atoms in total. The van der Waals surface area contributed by atoms with E-state index in [0.717, 1.165) is 22.5 Å². The second-order valence-electron chi connectivity index (χ2n) is 4.35. The van der Waals surface area contributed by atoms with Crippen molar-refractivity contribution in [2.24, 2.45) is 7.05 Å². The lowest BCUT2D eigenvalue weighted by Gasteiger charge is -2.15. The van der Waals surface area contributed by atoms with Gasteiger partial charge >= 0.3 is 5.69 Å². The summed E-state index contributed by atoms with van der Waals surface area (Å²) in [5.41, 5.74) is 5.50. The quantitative estimate of drug-likeness (QED) is 0.550. The minimum Gasteiger partial charge on any atom is -0.383 e. The van der Waals surface area contributed by atoms with Gasteiger partial charge in [0.1, 0.15) is 11.5 Å². The molecule has 0 unspecified atom stereocenters. The normalized spacial score (nSPS) is 10.5. The van der Waals surface area contributed by atoms with E-state index in [9.17, 15) is 9.59 Å². The summed E-state index contributed by atoms with van der Waals surface area (Å²) in [5, 5.41) is 3.03. The fourth-order valence-corrected chi connectivity index (χ4v) is 2.38. The van der Waals surface area contributed by atoms with E-state index in [1.54, 1.807) is 11.8 Å². The zero-order valence-corrected chi connectivity index (χ0v) is 12.8. The summed E-state index contributed by atoms with van der Waals surface area (Å²) < 4.78 is 2.52. The Morgan fingerprint density at radius 2 is 2.15 bits per heavy atom. The Hall–Kier alpha value is -1.63. The van der Waals surface area contributed by atoms with Gasteiger partial charge in [-0.25, -0.2) is 4.79 Å². The number of thioether (sulfide) groups is 1. The number of nitrogen functional groups attached to an aromatic ring is 1. The summed E-state index contributed by atoms with van der Waals surface area (Å²) in [7, 11) is 1.47. The summed E-state index contributed by atoms with van der Waals surface area (Å²) in [6.45, 7) is 6.71. The average molecular weight is 298 g/mol. The molecule has 0 bridgehead atoms. The van der Waals surface area contributed by atoms with Crippen molar-refractivity contribution in [3.63, 3.8) is 0 Å². The van der Waals surface area contributed by atoms with Crippen LogP contribution in [0.5, 0.6) is 0 Å². The molecule has 0 spiro atoms. The maximum atomic E-state index is 12.1. The van der Waals surface area contributed by atoms with Gasteiger partial charge in [0.15, 0.2) is 0 Å². The van der Waals surface area contributed by atoms with E-state index >= 15 is 0 Å². The van der Waals surface area contributed by atoms with Crippen LogP contribution in [0.25, 0.3) is 0 Å². The molecule has 1 rings (SSSR count). The number of hydrogen-bond donors (Lipinski definition) is 2. The summed E-state index contributed by atoms with van der Waals surface area (Å²) in [6, 6.07) is 0. The van der Waals surface area contributed by atoms with Crippen molar-refractivity contribution >= 4 is 23.3 Å². The number of anilines is 2. The molecule has 112 valence electrons. The standard InChI is InChI=1S/C13H22N4O2S/c1-4-7-17-11(14)10(12(18)16(3)13(17)19)15-6-9-20-8-5-2/h5,15H,2,4,6-9,14H2,1,3H3. The average Bonchev–Trinajstić information content (AvgIpc) is 2.44. The molecule has 7 heteroatoms. The summed E-state index contributed by atoms with van der Waals surface area (Å²) in [4.78, 5) is 24.0. The molecule has 0 saturated heterocycles. The van der Waals surface area contributed by atoms with Crippen molar-refractivity contribution in [3.05, 3.63) is 33.5 Å². The van der Waals surface area contributed by atoms with Crippen molar-refractivity contribution in [2.45, 2.75) is 19.9 Å². The Balaban J connectivity index is 2.98. The van der Waals surface area contributed by atoms with Crippen LogP contribution in [0, 0.1) is 0 Å². The van der Waals surface area contributed by atoms with Gasteiger partial charge in [0.05, 0.1) is 0 Å². The molecule has 0 saturated carbocycles. The monoisotopic (exact) mass is 298 g/mol. The first-order chi connectivity index (χ1) is 9.54. The minimum atomic E-state index is -0.381. The van der Waals surface area contributed by atoms with Crippen molar-refractivity contribution < 1.29 is 0 Å². The first kappa shape index (κ1) is 16.4. The molecule has 1 aromatic rings. The number of nitrogens with one attached hydrogen (secondary N) is 1. The fourth-order valence-electron chi connectivity index (χ4n) is 1.80. The molecule has 0 aliphatic rings. The molecule has 0 aliphatic carbocycles. The number of aromatic nitrogens is 2. The highest BCUT2D eigenvalue weighted by Gasteiger charge is 2.14.